The summed E-state index contributed by atoms with van der Waals surface area (Å²) in [5.41, 5.74) is 0.221. The summed E-state index contributed by atoms with van der Waals surface area (Å²) in [6.45, 7) is 0.720. The molecule has 1 saturated heterocycles. The molecular formula is C18H20ClN3O7S2. The van der Waals surface area contributed by atoms with Crippen molar-refractivity contribution in [3.63, 3.8) is 0 Å². The van der Waals surface area contributed by atoms with Crippen molar-refractivity contribution in [2.24, 2.45) is 5.14 Å². The van der Waals surface area contributed by atoms with Crippen LogP contribution in [0.5, 0.6) is 5.75 Å². The Labute approximate surface area is 185 Å². The minimum Gasteiger partial charge on any atom is -0.482 e. The third kappa shape index (κ3) is 5.93. The lowest BCUT2D eigenvalue weighted by molar-refractivity contribution is -0.118. The van der Waals surface area contributed by atoms with Crippen molar-refractivity contribution in [1.82, 2.24) is 4.31 Å². The fraction of sp³-hybridized carbons (Fsp3) is 0.278. The molecule has 0 atom stereocenters. The Balaban J connectivity index is 1.64. The number of carbonyl (C=O) groups is 1. The van der Waals surface area contributed by atoms with E-state index in [-0.39, 0.29) is 39.3 Å². The number of benzene rings is 2. The number of carbonyl (C=O) groups excluding carboxylic acids is 1. The van der Waals surface area contributed by atoms with Crippen LogP contribution in [-0.4, -0.2) is 60.0 Å². The lowest BCUT2D eigenvalue weighted by atomic mass is 10.3. The third-order valence-corrected chi connectivity index (χ3v) is 7.42. The maximum Gasteiger partial charge on any atom is 0.262 e. The summed E-state index contributed by atoms with van der Waals surface area (Å²) < 4.78 is 60.0. The van der Waals surface area contributed by atoms with Gasteiger partial charge in [-0.1, -0.05) is 17.7 Å². The normalized spacial score (nSPS) is 15.4. The number of nitrogens with one attached hydrogen (secondary N) is 1. The van der Waals surface area contributed by atoms with Crippen molar-refractivity contribution in [1.29, 1.82) is 0 Å². The zero-order chi connectivity index (χ0) is 22.6. The molecule has 2 aromatic rings. The van der Waals surface area contributed by atoms with Gasteiger partial charge in [-0.2, -0.15) is 4.31 Å². The average Bonchev–Trinajstić information content (AvgIpc) is 2.73. The number of halogens is 1. The number of anilines is 1. The number of morpholine rings is 1. The van der Waals surface area contributed by atoms with Gasteiger partial charge in [-0.25, -0.2) is 22.0 Å². The highest BCUT2D eigenvalue weighted by atomic mass is 35.5. The van der Waals surface area contributed by atoms with Gasteiger partial charge in [0.2, 0.25) is 20.0 Å². The number of amides is 1. The highest BCUT2D eigenvalue weighted by molar-refractivity contribution is 7.89. The number of sulfonamides is 2. The smallest absolute Gasteiger partial charge is 0.262 e. The molecule has 0 aromatic heterocycles. The lowest BCUT2D eigenvalue weighted by Crippen LogP contribution is -2.40. The van der Waals surface area contributed by atoms with E-state index >= 15 is 0 Å². The molecule has 0 radical (unpaired) electrons. The predicted molar refractivity (Wildman–Crippen MR) is 113 cm³/mol. The number of nitrogens with zero attached hydrogens (tertiary/aromatic N) is 1. The molecule has 168 valence electrons. The summed E-state index contributed by atoms with van der Waals surface area (Å²) in [5.74, 6) is -0.455. The second-order valence-corrected chi connectivity index (χ2v) is 10.4. The molecule has 2 aromatic carbocycles. The standard InChI is InChI=1S/C18H20ClN3O7S2/c19-16-11-15(31(26,27)22-6-8-28-9-7-22)4-5-17(16)29-12-18(23)21-13-2-1-3-14(10-13)30(20,24)25/h1-5,10-11H,6-9,12H2,(H,21,23)(H2,20,24,25). The zero-order valence-corrected chi connectivity index (χ0v) is 18.5. The maximum atomic E-state index is 12.7. The molecule has 3 N–H and O–H groups in total. The highest BCUT2D eigenvalue weighted by Gasteiger charge is 2.27. The third-order valence-electron chi connectivity index (χ3n) is 4.32. The van der Waals surface area contributed by atoms with Crippen LogP contribution in [0.15, 0.2) is 52.3 Å². The molecule has 1 amide bonds. The summed E-state index contributed by atoms with van der Waals surface area (Å²) >= 11 is 6.14. The molecule has 0 unspecified atom stereocenters. The zero-order valence-electron chi connectivity index (χ0n) is 16.2. The van der Waals surface area contributed by atoms with E-state index in [0.29, 0.717) is 13.2 Å². The van der Waals surface area contributed by atoms with Crippen LogP contribution in [0, 0.1) is 0 Å². The number of hydrogen-bond acceptors (Lipinski definition) is 7. The van der Waals surface area contributed by atoms with E-state index < -0.39 is 32.6 Å². The second-order valence-electron chi connectivity index (χ2n) is 6.52. The maximum absolute atomic E-state index is 12.7. The molecule has 3 rings (SSSR count). The molecule has 0 aliphatic carbocycles. The molecule has 31 heavy (non-hydrogen) atoms. The van der Waals surface area contributed by atoms with Crippen LogP contribution in [0.4, 0.5) is 5.69 Å². The van der Waals surface area contributed by atoms with Crippen LogP contribution in [0.25, 0.3) is 0 Å². The van der Waals surface area contributed by atoms with Gasteiger partial charge in [-0.05, 0) is 36.4 Å². The lowest BCUT2D eigenvalue weighted by Gasteiger charge is -2.26. The molecular weight excluding hydrogens is 470 g/mol. The molecule has 1 fully saturated rings. The van der Waals surface area contributed by atoms with Gasteiger partial charge < -0.3 is 14.8 Å². The van der Waals surface area contributed by atoms with Crippen LogP contribution in [-0.2, 0) is 29.6 Å². The molecule has 0 spiro atoms. The number of ether oxygens (including phenoxy) is 2. The summed E-state index contributed by atoms with van der Waals surface area (Å²) in [5, 5.41) is 7.57. The fourth-order valence-corrected chi connectivity index (χ4v) is 5.08. The van der Waals surface area contributed by atoms with Crippen LogP contribution in [0.1, 0.15) is 0 Å². The van der Waals surface area contributed by atoms with Gasteiger partial charge in [0.1, 0.15) is 5.75 Å². The largest absolute Gasteiger partial charge is 0.482 e. The SMILES string of the molecule is NS(=O)(=O)c1cccc(NC(=O)COc2ccc(S(=O)(=O)N3CCOCC3)cc2Cl)c1. The van der Waals surface area contributed by atoms with Crippen LogP contribution >= 0.6 is 11.6 Å². The predicted octanol–water partition coefficient (Wildman–Crippen LogP) is 1.03. The van der Waals surface area contributed by atoms with Crippen LogP contribution in [0.2, 0.25) is 5.02 Å². The number of hydrogen-bond donors (Lipinski definition) is 2. The monoisotopic (exact) mass is 489 g/mol. The Hall–Kier alpha value is -2.22. The van der Waals surface area contributed by atoms with Crippen molar-refractivity contribution in [2.45, 2.75) is 9.79 Å². The topological polar surface area (TPSA) is 145 Å². The minimum absolute atomic E-state index is 0.0102. The van der Waals surface area contributed by atoms with E-state index in [1.807, 2.05) is 0 Å². The first kappa shape index (κ1) is 23.4. The van der Waals surface area contributed by atoms with Gasteiger partial charge in [0.25, 0.3) is 5.91 Å². The first-order chi connectivity index (χ1) is 14.6. The Morgan fingerprint density at radius 1 is 1.10 bits per heavy atom. The summed E-state index contributed by atoms with van der Waals surface area (Å²) in [6, 6.07) is 9.41. The Kier molecular flexibility index (Phi) is 7.19. The van der Waals surface area contributed by atoms with Crippen molar-refractivity contribution in [3.05, 3.63) is 47.5 Å². The molecule has 1 aliphatic heterocycles. The van der Waals surface area contributed by atoms with Gasteiger partial charge in [0, 0.05) is 18.8 Å². The number of rotatable bonds is 7. The summed E-state index contributed by atoms with van der Waals surface area (Å²) in [6.07, 6.45) is 0. The van der Waals surface area contributed by atoms with Gasteiger partial charge in [0.15, 0.2) is 6.61 Å². The fourth-order valence-electron chi connectivity index (χ4n) is 2.79. The summed E-state index contributed by atoms with van der Waals surface area (Å²) in [7, 11) is -7.62. The van der Waals surface area contributed by atoms with Gasteiger partial charge in [0.05, 0.1) is 28.0 Å². The van der Waals surface area contributed by atoms with Crippen LogP contribution < -0.4 is 15.2 Å². The van der Waals surface area contributed by atoms with Crippen LogP contribution in [0.3, 0.4) is 0 Å². The van der Waals surface area contributed by atoms with Crippen molar-refractivity contribution in [3.8, 4) is 5.75 Å². The molecule has 10 nitrogen and oxygen atoms in total. The van der Waals surface area contributed by atoms with E-state index in [0.717, 1.165) is 0 Å². The van der Waals surface area contributed by atoms with Crippen molar-refractivity contribution < 1.29 is 31.1 Å². The Morgan fingerprint density at radius 3 is 2.45 bits per heavy atom. The van der Waals surface area contributed by atoms with E-state index in [1.165, 1.54) is 46.8 Å². The molecule has 0 bridgehead atoms. The second kappa shape index (κ2) is 9.51. The Morgan fingerprint density at radius 2 is 1.81 bits per heavy atom. The van der Waals surface area contributed by atoms with Gasteiger partial charge in [-0.15, -0.1) is 0 Å². The molecule has 1 heterocycles. The molecule has 1 aliphatic rings. The van der Waals surface area contributed by atoms with E-state index in [4.69, 9.17) is 26.2 Å². The van der Waals surface area contributed by atoms with E-state index in [1.54, 1.807) is 0 Å². The minimum atomic E-state index is -3.91. The average molecular weight is 490 g/mol. The van der Waals surface area contributed by atoms with Crippen molar-refractivity contribution >= 4 is 43.2 Å². The highest BCUT2D eigenvalue weighted by Crippen LogP contribution is 2.29. The quantitative estimate of drug-likeness (QED) is 0.590. The van der Waals surface area contributed by atoms with E-state index in [2.05, 4.69) is 5.32 Å². The number of primary sulfonamides is 1. The van der Waals surface area contributed by atoms with Gasteiger partial charge in [-0.3, -0.25) is 4.79 Å². The first-order valence-electron chi connectivity index (χ1n) is 9.00. The first-order valence-corrected chi connectivity index (χ1v) is 12.4. The number of nitrogens with two attached hydrogens (primary N) is 1. The summed E-state index contributed by atoms with van der Waals surface area (Å²) in [4.78, 5) is 12.0. The molecule has 13 heteroatoms. The molecule has 0 saturated carbocycles. The Bertz CT molecular complexity index is 1180. The van der Waals surface area contributed by atoms with E-state index in [9.17, 15) is 21.6 Å². The van der Waals surface area contributed by atoms with Crippen molar-refractivity contribution in [2.75, 3.05) is 38.2 Å². The van der Waals surface area contributed by atoms with Gasteiger partial charge >= 0.3 is 0 Å².